The number of amides is 1. The minimum Gasteiger partial charge on any atom is -0.274 e. The summed E-state index contributed by atoms with van der Waals surface area (Å²) in [6, 6.07) is 11.2. The summed E-state index contributed by atoms with van der Waals surface area (Å²) < 4.78 is 85.2. The molecule has 0 radical (unpaired) electrons. The molecule has 0 fully saturated rings. The van der Waals surface area contributed by atoms with Crippen LogP contribution >= 0.6 is 0 Å². The summed E-state index contributed by atoms with van der Waals surface area (Å²) in [5.41, 5.74) is -1.14. The number of fused-ring (bicyclic) bond motifs is 1. The van der Waals surface area contributed by atoms with E-state index in [9.17, 15) is 30.8 Å². The second-order valence-electron chi connectivity index (χ2n) is 7.15. The Morgan fingerprint density at radius 1 is 1.00 bits per heavy atom. The predicted molar refractivity (Wildman–Crippen MR) is 112 cm³/mol. The Kier molecular flexibility index (Phi) is 5.44. The number of pyridine rings is 1. The van der Waals surface area contributed by atoms with Crippen molar-refractivity contribution in [1.82, 2.24) is 14.3 Å². The van der Waals surface area contributed by atoms with Crippen molar-refractivity contribution in [2.45, 2.75) is 18.0 Å². The second-order valence-corrected chi connectivity index (χ2v) is 8.77. The van der Waals surface area contributed by atoms with Gasteiger partial charge in [0.05, 0.1) is 11.1 Å². The van der Waals surface area contributed by atoms with Gasteiger partial charge in [0, 0.05) is 30.4 Å². The Labute approximate surface area is 185 Å². The first-order valence-electron chi connectivity index (χ1n) is 9.45. The van der Waals surface area contributed by atoms with E-state index in [1.807, 2.05) is 0 Å². The Morgan fingerprint density at radius 3 is 2.42 bits per heavy atom. The molecule has 0 aliphatic carbocycles. The lowest BCUT2D eigenvalue weighted by atomic mass is 9.95. The highest BCUT2D eigenvalue weighted by Gasteiger charge is 2.40. The molecule has 0 spiro atoms. The van der Waals surface area contributed by atoms with Gasteiger partial charge in [0.2, 0.25) is 5.91 Å². The topological polar surface area (TPSA) is 80.5 Å². The third-order valence-electron chi connectivity index (χ3n) is 4.82. The van der Waals surface area contributed by atoms with Gasteiger partial charge in [-0.25, -0.2) is 22.0 Å². The number of hydrogen-bond acceptors (Lipinski definition) is 4. The van der Waals surface area contributed by atoms with Gasteiger partial charge in [-0.1, -0.05) is 18.2 Å². The number of nitrogens with zero attached hydrogens (tertiary/aromatic N) is 2. The number of carbonyl (C=O) groups excluding carboxylic acids is 1. The van der Waals surface area contributed by atoms with Gasteiger partial charge in [-0.15, -0.1) is 0 Å². The number of hydrogen-bond donors (Lipinski definition) is 1. The Morgan fingerprint density at radius 2 is 1.76 bits per heavy atom. The van der Waals surface area contributed by atoms with E-state index in [4.69, 9.17) is 0 Å². The van der Waals surface area contributed by atoms with Gasteiger partial charge in [0.1, 0.15) is 10.7 Å². The van der Waals surface area contributed by atoms with Gasteiger partial charge in [-0.3, -0.25) is 4.79 Å². The molecule has 2 aromatic carbocycles. The molecule has 2 aromatic heterocycles. The highest BCUT2D eigenvalue weighted by atomic mass is 32.2. The molecule has 4 rings (SSSR count). The molecule has 1 N–H and O–H groups in total. The average molecular weight is 477 g/mol. The van der Waals surface area contributed by atoms with E-state index < -0.39 is 43.9 Å². The largest absolute Gasteiger partial charge is 0.417 e. The fourth-order valence-corrected chi connectivity index (χ4v) is 5.00. The maximum Gasteiger partial charge on any atom is 0.417 e. The van der Waals surface area contributed by atoms with Crippen molar-refractivity contribution in [3.63, 3.8) is 0 Å². The Hall–Kier alpha value is -3.73. The van der Waals surface area contributed by atoms with E-state index in [0.29, 0.717) is 17.1 Å². The van der Waals surface area contributed by atoms with Gasteiger partial charge in [0.15, 0.2) is 0 Å². The van der Waals surface area contributed by atoms with Crippen molar-refractivity contribution in [2.24, 2.45) is 0 Å². The number of carbonyl (C=O) groups is 1. The van der Waals surface area contributed by atoms with Crippen molar-refractivity contribution in [2.75, 3.05) is 0 Å². The molecule has 4 aromatic rings. The van der Waals surface area contributed by atoms with Crippen LogP contribution < -0.4 is 4.72 Å². The third-order valence-corrected chi connectivity index (χ3v) is 6.36. The number of sulfonamides is 1. The molecule has 0 unspecified atom stereocenters. The second kappa shape index (κ2) is 8.00. The van der Waals surface area contributed by atoms with E-state index in [1.165, 1.54) is 28.9 Å². The van der Waals surface area contributed by atoms with E-state index in [2.05, 4.69) is 5.10 Å². The molecule has 0 aliphatic rings. The molecule has 0 aliphatic heterocycles. The van der Waals surface area contributed by atoms with E-state index in [0.717, 1.165) is 19.1 Å². The SMILES string of the molecule is CC(=O)NS(=O)(=O)c1c(-c2cccc(F)c2)cc(-c2cccn3nccc23)cc1C(F)(F)F. The summed E-state index contributed by atoms with van der Waals surface area (Å²) in [5.74, 6) is -1.84. The molecule has 0 saturated carbocycles. The minimum atomic E-state index is -5.11. The van der Waals surface area contributed by atoms with Crippen LogP contribution in [0.15, 0.2) is 71.9 Å². The number of benzene rings is 2. The van der Waals surface area contributed by atoms with Crippen LogP contribution in [0.3, 0.4) is 0 Å². The van der Waals surface area contributed by atoms with Gasteiger partial charge < -0.3 is 0 Å². The van der Waals surface area contributed by atoms with Gasteiger partial charge in [0.25, 0.3) is 10.0 Å². The number of halogens is 4. The molecule has 0 saturated heterocycles. The van der Waals surface area contributed by atoms with Gasteiger partial charge >= 0.3 is 6.18 Å². The number of rotatable bonds is 4. The highest BCUT2D eigenvalue weighted by Crippen LogP contribution is 2.43. The standard InChI is InChI=1S/C22H15F4N3O3S/c1-13(30)28-33(31,32)21-18(14-4-2-5-16(23)10-14)11-15(12-19(21)22(24,25)26)17-6-3-9-29-20(17)7-8-27-29/h2-12H,1H3,(H,28,30). The van der Waals surface area contributed by atoms with Crippen molar-refractivity contribution in [3.05, 3.63) is 78.4 Å². The molecule has 33 heavy (non-hydrogen) atoms. The molecule has 0 bridgehead atoms. The van der Waals surface area contributed by atoms with E-state index in [1.54, 1.807) is 29.1 Å². The highest BCUT2D eigenvalue weighted by molar-refractivity contribution is 7.90. The zero-order chi connectivity index (χ0) is 24.0. The molecule has 0 atom stereocenters. The zero-order valence-electron chi connectivity index (χ0n) is 16.9. The van der Waals surface area contributed by atoms with Crippen LogP contribution in [0.4, 0.5) is 17.6 Å². The molecule has 11 heteroatoms. The molecular formula is C22H15F4N3O3S. The van der Waals surface area contributed by atoms with Crippen LogP contribution in [0.25, 0.3) is 27.8 Å². The van der Waals surface area contributed by atoms with Gasteiger partial charge in [-0.2, -0.15) is 18.3 Å². The minimum absolute atomic E-state index is 0.0365. The number of aromatic nitrogens is 2. The van der Waals surface area contributed by atoms with Crippen LogP contribution in [0.2, 0.25) is 0 Å². The average Bonchev–Trinajstić information content (AvgIpc) is 3.20. The summed E-state index contributed by atoms with van der Waals surface area (Å²) in [7, 11) is -4.96. The fraction of sp³-hybridized carbons (Fsp3) is 0.0909. The quantitative estimate of drug-likeness (QED) is 0.434. The van der Waals surface area contributed by atoms with Crippen LogP contribution in [-0.4, -0.2) is 23.9 Å². The maximum atomic E-state index is 14.2. The first-order valence-corrected chi connectivity index (χ1v) is 10.9. The van der Waals surface area contributed by atoms with Crippen LogP contribution in [0.1, 0.15) is 12.5 Å². The molecule has 1 amide bonds. The number of nitrogens with one attached hydrogen (secondary N) is 1. The molecule has 2 heterocycles. The summed E-state index contributed by atoms with van der Waals surface area (Å²) in [6.07, 6.45) is -2.04. The van der Waals surface area contributed by atoms with Crippen molar-refractivity contribution in [1.29, 1.82) is 0 Å². The Bertz CT molecular complexity index is 1490. The van der Waals surface area contributed by atoms with Crippen molar-refractivity contribution in [3.8, 4) is 22.3 Å². The first kappa shape index (κ1) is 22.5. The molecular weight excluding hydrogens is 462 g/mol. The summed E-state index contributed by atoms with van der Waals surface area (Å²) >= 11 is 0. The summed E-state index contributed by atoms with van der Waals surface area (Å²) in [5, 5.41) is 4.06. The van der Waals surface area contributed by atoms with Crippen molar-refractivity contribution < 1.29 is 30.8 Å². The lowest BCUT2D eigenvalue weighted by Crippen LogP contribution is -2.30. The maximum absolute atomic E-state index is 14.2. The molecule has 6 nitrogen and oxygen atoms in total. The van der Waals surface area contributed by atoms with Crippen molar-refractivity contribution >= 4 is 21.4 Å². The van der Waals surface area contributed by atoms with E-state index in [-0.39, 0.29) is 11.1 Å². The third kappa shape index (κ3) is 4.31. The summed E-state index contributed by atoms with van der Waals surface area (Å²) in [6.45, 7) is 0.862. The molecule has 170 valence electrons. The lowest BCUT2D eigenvalue weighted by molar-refractivity contribution is -0.139. The normalized spacial score (nSPS) is 12.2. The van der Waals surface area contributed by atoms with E-state index >= 15 is 0 Å². The van der Waals surface area contributed by atoms with Crippen LogP contribution in [0.5, 0.6) is 0 Å². The Balaban J connectivity index is 2.14. The lowest BCUT2D eigenvalue weighted by Gasteiger charge is -2.20. The van der Waals surface area contributed by atoms with Gasteiger partial charge in [-0.05, 0) is 47.5 Å². The summed E-state index contributed by atoms with van der Waals surface area (Å²) in [4.78, 5) is 10.3. The monoisotopic (exact) mass is 477 g/mol. The zero-order valence-corrected chi connectivity index (χ0v) is 17.7. The first-order chi connectivity index (χ1) is 15.5. The fourth-order valence-electron chi connectivity index (χ4n) is 3.59. The van der Waals surface area contributed by atoms with Crippen LogP contribution in [0, 0.1) is 5.82 Å². The van der Waals surface area contributed by atoms with Crippen LogP contribution in [-0.2, 0) is 21.0 Å². The number of alkyl halides is 3. The predicted octanol–water partition coefficient (Wildman–Crippen LogP) is 4.65. The smallest absolute Gasteiger partial charge is 0.274 e.